The third-order valence-corrected chi connectivity index (χ3v) is 1.84. The number of carboxylic acid groups (broad SMARTS) is 1. The molecule has 1 atom stereocenters. The lowest BCUT2D eigenvalue weighted by Crippen LogP contribution is -2.17. The summed E-state index contributed by atoms with van der Waals surface area (Å²) in [6, 6.07) is -0.408. The summed E-state index contributed by atoms with van der Waals surface area (Å²) in [5, 5.41) is 18.1. The summed E-state index contributed by atoms with van der Waals surface area (Å²) < 4.78 is 1.20. The highest BCUT2D eigenvalue weighted by atomic mass is 16.4. The molecule has 1 unspecified atom stereocenters. The smallest absolute Gasteiger partial charge is 0.323 e. The Morgan fingerprint density at radius 2 is 2.29 bits per heavy atom. The number of aromatic hydroxyl groups is 1. The quantitative estimate of drug-likeness (QED) is 0.636. The Kier molecular flexibility index (Phi) is 2.76. The minimum absolute atomic E-state index is 0.139. The van der Waals surface area contributed by atoms with E-state index in [0.717, 1.165) is 0 Å². The fourth-order valence-corrected chi connectivity index (χ4v) is 1.22. The van der Waals surface area contributed by atoms with Crippen molar-refractivity contribution in [3.8, 4) is 5.88 Å². The first kappa shape index (κ1) is 10.5. The molecule has 6 nitrogen and oxygen atoms in total. The molecular formula is C8H13N3O3. The minimum atomic E-state index is -1.04. The third-order valence-electron chi connectivity index (χ3n) is 1.84. The summed E-state index contributed by atoms with van der Waals surface area (Å²) in [5.74, 6) is -0.804. The van der Waals surface area contributed by atoms with Crippen molar-refractivity contribution in [2.45, 2.75) is 26.4 Å². The van der Waals surface area contributed by atoms with Crippen LogP contribution in [0, 0.1) is 6.92 Å². The zero-order valence-corrected chi connectivity index (χ0v) is 8.06. The molecule has 0 aromatic carbocycles. The molecule has 0 spiro atoms. The lowest BCUT2D eigenvalue weighted by Gasteiger charge is -2.08. The number of carbonyl (C=O) groups is 1. The maximum atomic E-state index is 10.5. The van der Waals surface area contributed by atoms with Gasteiger partial charge in [-0.15, -0.1) is 0 Å². The van der Waals surface area contributed by atoms with E-state index in [2.05, 4.69) is 4.98 Å². The second kappa shape index (κ2) is 3.67. The number of imidazole rings is 1. The van der Waals surface area contributed by atoms with Crippen LogP contribution in [0.3, 0.4) is 0 Å². The van der Waals surface area contributed by atoms with E-state index < -0.39 is 12.0 Å². The van der Waals surface area contributed by atoms with Gasteiger partial charge in [0.1, 0.15) is 12.4 Å². The van der Waals surface area contributed by atoms with Crippen LogP contribution >= 0.6 is 0 Å². The standard InChI is InChI=1S/C8H13N3O3/c1-4(9)7-10-5(2)8(14)11(7)3-6(12)13/h4,14H,3,9H2,1-2H3,(H,12,13). The number of nitrogens with two attached hydrogens (primary N) is 1. The molecule has 6 heteroatoms. The Bertz CT molecular complexity index is 357. The van der Waals surface area contributed by atoms with Crippen molar-refractivity contribution in [3.05, 3.63) is 11.5 Å². The van der Waals surface area contributed by atoms with Crippen LogP contribution in [0.15, 0.2) is 0 Å². The van der Waals surface area contributed by atoms with Crippen molar-refractivity contribution in [3.63, 3.8) is 0 Å². The van der Waals surface area contributed by atoms with Crippen LogP contribution in [-0.4, -0.2) is 25.7 Å². The molecule has 0 aliphatic carbocycles. The molecule has 0 amide bonds. The molecule has 0 saturated carbocycles. The zero-order chi connectivity index (χ0) is 10.9. The lowest BCUT2D eigenvalue weighted by atomic mass is 10.3. The summed E-state index contributed by atoms with van der Waals surface area (Å²) in [7, 11) is 0. The van der Waals surface area contributed by atoms with Gasteiger partial charge in [-0.2, -0.15) is 0 Å². The molecule has 1 rings (SSSR count). The maximum Gasteiger partial charge on any atom is 0.323 e. The van der Waals surface area contributed by atoms with Gasteiger partial charge in [0.15, 0.2) is 0 Å². The Morgan fingerprint density at radius 1 is 1.71 bits per heavy atom. The second-order valence-corrected chi connectivity index (χ2v) is 3.15. The number of aryl methyl sites for hydroxylation is 1. The first-order chi connectivity index (χ1) is 6.43. The molecule has 0 bridgehead atoms. The molecule has 14 heavy (non-hydrogen) atoms. The predicted octanol–water partition coefficient (Wildman–Crippen LogP) is 0.00142. The van der Waals surface area contributed by atoms with E-state index in [1.807, 2.05) is 0 Å². The van der Waals surface area contributed by atoms with E-state index in [9.17, 15) is 9.90 Å². The largest absolute Gasteiger partial charge is 0.493 e. The minimum Gasteiger partial charge on any atom is -0.493 e. The molecule has 4 N–H and O–H groups in total. The second-order valence-electron chi connectivity index (χ2n) is 3.15. The number of hydrogen-bond acceptors (Lipinski definition) is 4. The van der Waals surface area contributed by atoms with Crippen molar-refractivity contribution >= 4 is 5.97 Å². The van der Waals surface area contributed by atoms with E-state index >= 15 is 0 Å². The van der Waals surface area contributed by atoms with Crippen molar-refractivity contribution < 1.29 is 15.0 Å². The van der Waals surface area contributed by atoms with Gasteiger partial charge in [0, 0.05) is 0 Å². The van der Waals surface area contributed by atoms with Gasteiger partial charge >= 0.3 is 5.97 Å². The Balaban J connectivity index is 3.16. The van der Waals surface area contributed by atoms with Gasteiger partial charge in [-0.25, -0.2) is 4.98 Å². The maximum absolute atomic E-state index is 10.5. The van der Waals surface area contributed by atoms with Gasteiger partial charge in [0.25, 0.3) is 0 Å². The first-order valence-corrected chi connectivity index (χ1v) is 4.16. The topological polar surface area (TPSA) is 101 Å². The molecule has 1 aromatic rings. The molecule has 78 valence electrons. The van der Waals surface area contributed by atoms with Crippen molar-refractivity contribution in [2.75, 3.05) is 0 Å². The highest BCUT2D eigenvalue weighted by molar-refractivity contribution is 5.67. The first-order valence-electron chi connectivity index (χ1n) is 4.16. The Labute approximate surface area is 81.0 Å². The SMILES string of the molecule is Cc1nc(C(C)N)n(CC(=O)O)c1O. The third kappa shape index (κ3) is 1.85. The van der Waals surface area contributed by atoms with E-state index in [0.29, 0.717) is 11.5 Å². The van der Waals surface area contributed by atoms with Gasteiger partial charge in [-0.05, 0) is 13.8 Å². The number of nitrogens with zero attached hydrogens (tertiary/aromatic N) is 2. The van der Waals surface area contributed by atoms with Gasteiger partial charge in [0.2, 0.25) is 5.88 Å². The number of hydrogen-bond donors (Lipinski definition) is 3. The highest BCUT2D eigenvalue weighted by Crippen LogP contribution is 2.21. The number of rotatable bonds is 3. The van der Waals surface area contributed by atoms with Crippen LogP contribution in [0.1, 0.15) is 24.5 Å². The van der Waals surface area contributed by atoms with Crippen LogP contribution in [0.4, 0.5) is 0 Å². The van der Waals surface area contributed by atoms with Crippen LogP contribution in [0.25, 0.3) is 0 Å². The fraction of sp³-hybridized carbons (Fsp3) is 0.500. The van der Waals surface area contributed by atoms with Crippen molar-refractivity contribution in [2.24, 2.45) is 5.73 Å². The van der Waals surface area contributed by atoms with E-state index in [1.165, 1.54) is 4.57 Å². The van der Waals surface area contributed by atoms with Crippen LogP contribution in [0.5, 0.6) is 5.88 Å². The molecule has 0 aliphatic heterocycles. The number of aliphatic carboxylic acids is 1. The fourth-order valence-electron chi connectivity index (χ4n) is 1.22. The van der Waals surface area contributed by atoms with Crippen LogP contribution in [0.2, 0.25) is 0 Å². The molecular weight excluding hydrogens is 186 g/mol. The Hall–Kier alpha value is -1.56. The zero-order valence-electron chi connectivity index (χ0n) is 8.06. The monoisotopic (exact) mass is 199 g/mol. The highest BCUT2D eigenvalue weighted by Gasteiger charge is 2.17. The molecule has 1 heterocycles. The summed E-state index contributed by atoms with van der Waals surface area (Å²) >= 11 is 0. The predicted molar refractivity (Wildman–Crippen MR) is 48.9 cm³/mol. The van der Waals surface area contributed by atoms with E-state index in [4.69, 9.17) is 10.8 Å². The summed E-state index contributed by atoms with van der Waals surface area (Å²) in [6.07, 6.45) is 0. The molecule has 0 aliphatic rings. The lowest BCUT2D eigenvalue weighted by molar-refractivity contribution is -0.137. The Morgan fingerprint density at radius 3 is 2.71 bits per heavy atom. The molecule has 0 fully saturated rings. The number of carboxylic acids is 1. The van der Waals surface area contributed by atoms with E-state index in [-0.39, 0.29) is 12.4 Å². The van der Waals surface area contributed by atoms with Gasteiger partial charge in [0.05, 0.1) is 11.7 Å². The molecule has 0 radical (unpaired) electrons. The van der Waals surface area contributed by atoms with E-state index in [1.54, 1.807) is 13.8 Å². The summed E-state index contributed by atoms with van der Waals surface area (Å²) in [6.45, 7) is 2.95. The molecule has 1 aromatic heterocycles. The van der Waals surface area contributed by atoms with Crippen LogP contribution in [-0.2, 0) is 11.3 Å². The van der Waals surface area contributed by atoms with Gasteiger partial charge in [-0.1, -0.05) is 0 Å². The van der Waals surface area contributed by atoms with Crippen LogP contribution < -0.4 is 5.73 Å². The van der Waals surface area contributed by atoms with Gasteiger partial charge in [-0.3, -0.25) is 9.36 Å². The summed E-state index contributed by atoms with van der Waals surface area (Å²) in [4.78, 5) is 14.5. The summed E-state index contributed by atoms with van der Waals surface area (Å²) in [5.41, 5.74) is 5.97. The van der Waals surface area contributed by atoms with Crippen molar-refractivity contribution in [1.82, 2.24) is 9.55 Å². The normalized spacial score (nSPS) is 12.8. The average molecular weight is 199 g/mol. The average Bonchev–Trinajstić information content (AvgIpc) is 2.32. The molecule has 0 saturated heterocycles. The van der Waals surface area contributed by atoms with Gasteiger partial charge < -0.3 is 15.9 Å². The van der Waals surface area contributed by atoms with Crippen molar-refractivity contribution in [1.29, 1.82) is 0 Å². The number of aromatic nitrogens is 2.